The Kier molecular flexibility index (Phi) is 10.8. The van der Waals surface area contributed by atoms with Gasteiger partial charge in [0.2, 0.25) is 0 Å². The van der Waals surface area contributed by atoms with Crippen molar-refractivity contribution >= 4 is 18.3 Å². The summed E-state index contributed by atoms with van der Waals surface area (Å²) >= 11 is 0. The van der Waals surface area contributed by atoms with Crippen LogP contribution in [0.25, 0.3) is 0 Å². The molecule has 0 saturated heterocycles. The van der Waals surface area contributed by atoms with Gasteiger partial charge in [0, 0.05) is 25.5 Å². The van der Waals surface area contributed by atoms with Gasteiger partial charge in [0.1, 0.15) is 5.75 Å². The highest BCUT2D eigenvalue weighted by Crippen LogP contribution is 2.23. The molecule has 0 radical (unpaired) electrons. The summed E-state index contributed by atoms with van der Waals surface area (Å²) in [7, 11) is 1.47. The molecule has 3 N–H and O–H groups in total. The van der Waals surface area contributed by atoms with Crippen LogP contribution in [0.1, 0.15) is 11.1 Å². The number of rotatable bonds is 8. The first-order chi connectivity index (χ1) is 15.1. The van der Waals surface area contributed by atoms with E-state index in [-0.39, 0.29) is 24.5 Å². The van der Waals surface area contributed by atoms with Crippen LogP contribution in [0.3, 0.4) is 0 Å². The van der Waals surface area contributed by atoms with Gasteiger partial charge in [-0.15, -0.1) is 0 Å². The van der Waals surface area contributed by atoms with E-state index >= 15 is 0 Å². The molecule has 0 spiro atoms. The number of hydrogen-bond donors (Lipinski definition) is 2. The molecule has 0 bridgehead atoms. The number of ether oxygens (including phenoxy) is 2. The van der Waals surface area contributed by atoms with Crippen molar-refractivity contribution < 1.29 is 36.2 Å². The Labute approximate surface area is 181 Å². The lowest BCUT2D eigenvalue weighted by molar-refractivity contribution is -0.114. The third-order valence-corrected chi connectivity index (χ3v) is 3.87. The van der Waals surface area contributed by atoms with Crippen LogP contribution in [0.5, 0.6) is 5.75 Å². The fourth-order valence-electron chi connectivity index (χ4n) is 2.36. The van der Waals surface area contributed by atoms with Gasteiger partial charge in [-0.1, -0.05) is 0 Å². The highest BCUT2D eigenvalue weighted by atomic mass is 19.3. The highest BCUT2D eigenvalue weighted by molar-refractivity contribution is 5.96. The van der Waals surface area contributed by atoms with Crippen molar-refractivity contribution in [2.24, 2.45) is 10.7 Å². The summed E-state index contributed by atoms with van der Waals surface area (Å²) in [5, 5.41) is 2.88. The van der Waals surface area contributed by atoms with Crippen molar-refractivity contribution in [3.63, 3.8) is 0 Å². The maximum absolute atomic E-state index is 13.1. The van der Waals surface area contributed by atoms with Crippen LogP contribution in [0.2, 0.25) is 0 Å². The van der Waals surface area contributed by atoms with E-state index in [2.05, 4.69) is 26.5 Å². The Morgan fingerprint density at radius 1 is 1.22 bits per heavy atom. The van der Waals surface area contributed by atoms with E-state index in [4.69, 9.17) is 5.73 Å². The number of alkyl halides is 2. The third-order valence-electron chi connectivity index (χ3n) is 3.87. The number of methoxy groups -OCH3 is 1. The molecule has 2 rings (SSSR count). The molecule has 0 atom stereocenters. The molecule has 0 saturated carbocycles. The summed E-state index contributed by atoms with van der Waals surface area (Å²) in [5.74, 6) is -4.49. The summed E-state index contributed by atoms with van der Waals surface area (Å²) in [6, 6.07) is 6.01. The Balaban J connectivity index is 0.000000433. The molecule has 2 aromatic carbocycles. The standard InChI is InChI=1S/C15H12F5NO.C6H10N2O2/c1-8-4-10(22-15(19)20)2-3-13(8)21-7-9-5-11(16)14(18)12(17)6-9;1-8-6(9)5(3-7)4-10-2/h2-6,15,21H,7H2,1H3;3H,1,4,7H2,2H3/b;5-3-. The molecule has 0 aliphatic heterocycles. The molecule has 0 heterocycles. The number of carbonyl (C=O) groups is 1. The SMILES string of the molecule is C=NC(=O)/C(=C\N)COC.Cc1cc(OC(F)F)ccc1NCc1cc(F)c(F)c(F)c1. The zero-order valence-electron chi connectivity index (χ0n) is 17.3. The van der Waals surface area contributed by atoms with Gasteiger partial charge >= 0.3 is 6.61 Å². The number of anilines is 1. The number of nitrogens with two attached hydrogens (primary N) is 1. The number of amides is 1. The van der Waals surface area contributed by atoms with Crippen molar-refractivity contribution in [2.45, 2.75) is 20.1 Å². The lowest BCUT2D eigenvalue weighted by Crippen LogP contribution is -2.07. The van der Waals surface area contributed by atoms with E-state index in [1.165, 1.54) is 31.5 Å². The van der Waals surface area contributed by atoms with Gasteiger partial charge in [-0.3, -0.25) is 4.79 Å². The largest absolute Gasteiger partial charge is 0.435 e. The summed E-state index contributed by atoms with van der Waals surface area (Å²) < 4.78 is 72.1. The van der Waals surface area contributed by atoms with Gasteiger partial charge in [-0.2, -0.15) is 8.78 Å². The third kappa shape index (κ3) is 8.34. The number of hydrogen-bond acceptors (Lipinski definition) is 5. The number of carbonyl (C=O) groups excluding carboxylic acids is 1. The van der Waals surface area contributed by atoms with Crippen molar-refractivity contribution in [3.8, 4) is 5.75 Å². The number of halogens is 5. The highest BCUT2D eigenvalue weighted by Gasteiger charge is 2.11. The fourth-order valence-corrected chi connectivity index (χ4v) is 2.36. The number of aliphatic imine (C=N–C) groups is 1. The Morgan fingerprint density at radius 2 is 1.84 bits per heavy atom. The first kappa shape index (κ1) is 26.6. The van der Waals surface area contributed by atoms with E-state index in [1.807, 2.05) is 0 Å². The first-order valence-electron chi connectivity index (χ1n) is 8.96. The molecule has 1 amide bonds. The second kappa shape index (κ2) is 13.1. The maximum atomic E-state index is 13.1. The molecule has 11 heteroatoms. The van der Waals surface area contributed by atoms with Gasteiger partial charge in [0.15, 0.2) is 17.5 Å². The average molecular weight is 459 g/mol. The molecular weight excluding hydrogens is 437 g/mol. The smallest absolute Gasteiger partial charge is 0.387 e. The van der Waals surface area contributed by atoms with Gasteiger partial charge in [-0.25, -0.2) is 18.2 Å². The number of nitrogens with zero attached hydrogens (tertiary/aromatic N) is 1. The molecule has 2 aromatic rings. The maximum Gasteiger partial charge on any atom is 0.387 e. The molecule has 0 aliphatic rings. The zero-order chi connectivity index (χ0) is 24.3. The number of nitrogens with one attached hydrogen (secondary N) is 1. The van der Waals surface area contributed by atoms with Crippen molar-refractivity contribution in [1.82, 2.24) is 0 Å². The summed E-state index contributed by atoms with van der Waals surface area (Å²) in [4.78, 5) is 13.8. The molecule has 0 unspecified atom stereocenters. The van der Waals surface area contributed by atoms with Crippen molar-refractivity contribution in [1.29, 1.82) is 0 Å². The van der Waals surface area contributed by atoms with Gasteiger partial charge < -0.3 is 20.5 Å². The molecule has 32 heavy (non-hydrogen) atoms. The van der Waals surface area contributed by atoms with Gasteiger partial charge in [0.25, 0.3) is 5.91 Å². The quantitative estimate of drug-likeness (QED) is 0.266. The van der Waals surface area contributed by atoms with Crippen LogP contribution in [-0.2, 0) is 16.1 Å². The van der Waals surface area contributed by atoms with Crippen LogP contribution in [0.4, 0.5) is 27.6 Å². The Hall–Kier alpha value is -3.47. The Morgan fingerprint density at radius 3 is 2.31 bits per heavy atom. The van der Waals surface area contributed by atoms with Crippen LogP contribution in [0, 0.1) is 24.4 Å². The van der Waals surface area contributed by atoms with E-state index in [9.17, 15) is 26.7 Å². The molecule has 0 fully saturated rings. The predicted octanol–water partition coefficient (Wildman–Crippen LogP) is 4.33. The summed E-state index contributed by atoms with van der Waals surface area (Å²) in [6.45, 7) is 2.03. The Bertz CT molecular complexity index is 945. The van der Waals surface area contributed by atoms with Gasteiger partial charge in [0.05, 0.1) is 12.2 Å². The predicted molar refractivity (Wildman–Crippen MR) is 110 cm³/mol. The van der Waals surface area contributed by atoms with E-state index in [0.29, 0.717) is 16.8 Å². The summed E-state index contributed by atoms with van der Waals surface area (Å²) in [6.07, 6.45) is 1.17. The lowest BCUT2D eigenvalue weighted by atomic mass is 10.1. The normalized spacial score (nSPS) is 10.9. The fraction of sp³-hybridized carbons (Fsp3) is 0.238. The van der Waals surface area contributed by atoms with Gasteiger partial charge in [-0.05, 0) is 55.1 Å². The van der Waals surface area contributed by atoms with E-state index in [0.717, 1.165) is 12.1 Å². The van der Waals surface area contributed by atoms with Crippen LogP contribution in [-0.4, -0.2) is 33.0 Å². The van der Waals surface area contributed by atoms with Crippen molar-refractivity contribution in [3.05, 3.63) is 70.7 Å². The van der Waals surface area contributed by atoms with Crippen LogP contribution < -0.4 is 15.8 Å². The first-order valence-corrected chi connectivity index (χ1v) is 8.96. The molecular formula is C21H22F5N3O3. The summed E-state index contributed by atoms with van der Waals surface area (Å²) in [5.41, 5.74) is 6.80. The number of benzene rings is 2. The van der Waals surface area contributed by atoms with E-state index < -0.39 is 30.0 Å². The van der Waals surface area contributed by atoms with Crippen LogP contribution in [0.15, 0.2) is 47.1 Å². The van der Waals surface area contributed by atoms with Crippen LogP contribution >= 0.6 is 0 Å². The molecule has 0 aromatic heterocycles. The average Bonchev–Trinajstić information content (AvgIpc) is 2.74. The minimum absolute atomic E-state index is 0.0110. The molecule has 0 aliphatic carbocycles. The van der Waals surface area contributed by atoms with E-state index in [1.54, 1.807) is 6.92 Å². The monoisotopic (exact) mass is 459 g/mol. The molecule has 6 nitrogen and oxygen atoms in total. The minimum atomic E-state index is -2.91. The topological polar surface area (TPSA) is 85.9 Å². The second-order valence-electron chi connectivity index (χ2n) is 6.17. The zero-order valence-corrected chi connectivity index (χ0v) is 17.3. The number of aryl methyl sites for hydroxylation is 1. The minimum Gasteiger partial charge on any atom is -0.435 e. The second-order valence-corrected chi connectivity index (χ2v) is 6.17. The lowest BCUT2D eigenvalue weighted by Gasteiger charge is -2.12. The molecule has 174 valence electrons. The van der Waals surface area contributed by atoms with Crippen molar-refractivity contribution in [2.75, 3.05) is 19.0 Å².